The summed E-state index contributed by atoms with van der Waals surface area (Å²) in [6, 6.07) is 6.23. The van der Waals surface area contributed by atoms with Gasteiger partial charge in [-0.05, 0) is 38.0 Å². The maximum absolute atomic E-state index is 6.00. The average molecular weight is 287 g/mol. The molecule has 2 aromatic rings. The van der Waals surface area contributed by atoms with Crippen LogP contribution in [0.5, 0.6) is 5.75 Å². The zero-order chi connectivity index (χ0) is 15.2. The summed E-state index contributed by atoms with van der Waals surface area (Å²) in [6.45, 7) is 7.60. The van der Waals surface area contributed by atoms with Crippen molar-refractivity contribution in [2.45, 2.75) is 46.2 Å². The van der Waals surface area contributed by atoms with Crippen LogP contribution in [0.2, 0.25) is 0 Å². The Bertz CT molecular complexity index is 575. The number of aromatic nitrogens is 2. The lowest BCUT2D eigenvalue weighted by molar-refractivity contribution is 0.335. The molecule has 1 heterocycles. The minimum Gasteiger partial charge on any atom is -0.494 e. The molecule has 0 aliphatic carbocycles. The molecule has 4 heteroatoms. The molecule has 0 aliphatic heterocycles. The van der Waals surface area contributed by atoms with Gasteiger partial charge in [0, 0.05) is 30.4 Å². The van der Waals surface area contributed by atoms with Gasteiger partial charge in [-0.1, -0.05) is 13.0 Å². The first-order valence-electron chi connectivity index (χ1n) is 7.66. The SMILES string of the molecule is CCCc1nccn1Cc1cc(C(C)N)ccc1OCC. The highest BCUT2D eigenvalue weighted by Gasteiger charge is 2.10. The first kappa shape index (κ1) is 15.6. The van der Waals surface area contributed by atoms with Crippen molar-refractivity contribution in [2.75, 3.05) is 6.61 Å². The lowest BCUT2D eigenvalue weighted by Gasteiger charge is -2.15. The molecule has 0 spiro atoms. The van der Waals surface area contributed by atoms with E-state index in [0.29, 0.717) is 6.61 Å². The third kappa shape index (κ3) is 3.85. The normalized spacial score (nSPS) is 12.4. The summed E-state index contributed by atoms with van der Waals surface area (Å²) in [5.74, 6) is 2.05. The van der Waals surface area contributed by atoms with Crippen molar-refractivity contribution < 1.29 is 4.74 Å². The number of ether oxygens (including phenoxy) is 1. The predicted octanol–water partition coefficient (Wildman–Crippen LogP) is 3.30. The maximum atomic E-state index is 6.00. The van der Waals surface area contributed by atoms with E-state index in [1.165, 1.54) is 0 Å². The Kier molecular flexibility index (Phi) is 5.39. The summed E-state index contributed by atoms with van der Waals surface area (Å²) in [5, 5.41) is 0. The number of imidazole rings is 1. The van der Waals surface area contributed by atoms with E-state index >= 15 is 0 Å². The zero-order valence-corrected chi connectivity index (χ0v) is 13.2. The molecule has 0 bridgehead atoms. The minimum absolute atomic E-state index is 0.0253. The smallest absolute Gasteiger partial charge is 0.124 e. The van der Waals surface area contributed by atoms with E-state index in [4.69, 9.17) is 10.5 Å². The molecule has 1 unspecified atom stereocenters. The molecule has 1 atom stereocenters. The fraction of sp³-hybridized carbons (Fsp3) is 0.471. The molecule has 0 saturated heterocycles. The van der Waals surface area contributed by atoms with E-state index in [1.807, 2.05) is 38.4 Å². The second-order valence-corrected chi connectivity index (χ2v) is 5.31. The van der Waals surface area contributed by atoms with Crippen LogP contribution in [0.15, 0.2) is 30.6 Å². The van der Waals surface area contributed by atoms with Gasteiger partial charge in [0.05, 0.1) is 13.2 Å². The number of nitrogens with two attached hydrogens (primary N) is 1. The number of aryl methyl sites for hydroxylation is 1. The van der Waals surface area contributed by atoms with Crippen LogP contribution in [-0.4, -0.2) is 16.2 Å². The lowest BCUT2D eigenvalue weighted by atomic mass is 10.0. The fourth-order valence-electron chi connectivity index (χ4n) is 2.42. The van der Waals surface area contributed by atoms with Gasteiger partial charge in [-0.3, -0.25) is 0 Å². The number of hydrogen-bond donors (Lipinski definition) is 1. The van der Waals surface area contributed by atoms with E-state index in [0.717, 1.165) is 42.1 Å². The van der Waals surface area contributed by atoms with Gasteiger partial charge in [-0.15, -0.1) is 0 Å². The molecule has 114 valence electrons. The Morgan fingerprint density at radius 1 is 1.33 bits per heavy atom. The van der Waals surface area contributed by atoms with Crippen LogP contribution in [0.1, 0.15) is 50.2 Å². The third-order valence-electron chi connectivity index (χ3n) is 3.53. The van der Waals surface area contributed by atoms with Crippen LogP contribution >= 0.6 is 0 Å². The number of rotatable bonds is 7. The van der Waals surface area contributed by atoms with Crippen molar-refractivity contribution in [2.24, 2.45) is 5.73 Å². The van der Waals surface area contributed by atoms with E-state index < -0.39 is 0 Å². The molecule has 0 amide bonds. The Morgan fingerprint density at radius 2 is 2.14 bits per heavy atom. The van der Waals surface area contributed by atoms with E-state index in [1.54, 1.807) is 0 Å². The first-order valence-corrected chi connectivity index (χ1v) is 7.66. The van der Waals surface area contributed by atoms with Crippen LogP contribution in [-0.2, 0) is 13.0 Å². The largest absolute Gasteiger partial charge is 0.494 e. The third-order valence-corrected chi connectivity index (χ3v) is 3.53. The van der Waals surface area contributed by atoms with Crippen LogP contribution < -0.4 is 10.5 Å². The Morgan fingerprint density at radius 3 is 2.81 bits per heavy atom. The summed E-state index contributed by atoms with van der Waals surface area (Å²) in [6.07, 6.45) is 5.97. The summed E-state index contributed by atoms with van der Waals surface area (Å²) in [5.41, 5.74) is 8.28. The molecule has 0 fully saturated rings. The number of hydrogen-bond acceptors (Lipinski definition) is 3. The number of benzene rings is 1. The monoisotopic (exact) mass is 287 g/mol. The zero-order valence-electron chi connectivity index (χ0n) is 13.2. The molecule has 0 radical (unpaired) electrons. The van der Waals surface area contributed by atoms with Gasteiger partial charge in [-0.2, -0.15) is 0 Å². The molecular weight excluding hydrogens is 262 g/mol. The van der Waals surface area contributed by atoms with Crippen molar-refractivity contribution >= 4 is 0 Å². The standard InChI is InChI=1S/C17H25N3O/c1-4-6-17-19-9-10-20(17)12-15-11-14(13(3)18)7-8-16(15)21-5-2/h7-11,13H,4-6,12,18H2,1-3H3. The summed E-state index contributed by atoms with van der Waals surface area (Å²) < 4.78 is 7.93. The molecule has 0 saturated carbocycles. The molecule has 2 N–H and O–H groups in total. The van der Waals surface area contributed by atoms with E-state index in [-0.39, 0.29) is 6.04 Å². The lowest BCUT2D eigenvalue weighted by Crippen LogP contribution is -2.09. The topological polar surface area (TPSA) is 53.1 Å². The first-order chi connectivity index (χ1) is 10.2. The van der Waals surface area contributed by atoms with E-state index in [2.05, 4.69) is 22.5 Å². The highest BCUT2D eigenvalue weighted by atomic mass is 16.5. The molecule has 1 aromatic carbocycles. The van der Waals surface area contributed by atoms with Crippen molar-refractivity contribution in [3.63, 3.8) is 0 Å². The molecular formula is C17H25N3O. The van der Waals surface area contributed by atoms with E-state index in [9.17, 15) is 0 Å². The van der Waals surface area contributed by atoms with Gasteiger partial charge >= 0.3 is 0 Å². The molecule has 4 nitrogen and oxygen atoms in total. The predicted molar refractivity (Wildman–Crippen MR) is 85.5 cm³/mol. The highest BCUT2D eigenvalue weighted by molar-refractivity contribution is 5.38. The van der Waals surface area contributed by atoms with Gasteiger partial charge in [-0.25, -0.2) is 4.98 Å². The van der Waals surface area contributed by atoms with Crippen LogP contribution in [0, 0.1) is 0 Å². The van der Waals surface area contributed by atoms with Crippen LogP contribution in [0.25, 0.3) is 0 Å². The summed E-state index contributed by atoms with van der Waals surface area (Å²) >= 11 is 0. The summed E-state index contributed by atoms with van der Waals surface area (Å²) in [7, 11) is 0. The van der Waals surface area contributed by atoms with Crippen molar-refractivity contribution in [3.05, 3.63) is 47.5 Å². The van der Waals surface area contributed by atoms with Gasteiger partial charge in [0.25, 0.3) is 0 Å². The second kappa shape index (κ2) is 7.27. The summed E-state index contributed by atoms with van der Waals surface area (Å²) in [4.78, 5) is 4.43. The second-order valence-electron chi connectivity index (χ2n) is 5.31. The van der Waals surface area contributed by atoms with Gasteiger partial charge in [0.1, 0.15) is 11.6 Å². The fourth-order valence-corrected chi connectivity index (χ4v) is 2.42. The molecule has 21 heavy (non-hydrogen) atoms. The average Bonchev–Trinajstić information content (AvgIpc) is 2.88. The maximum Gasteiger partial charge on any atom is 0.124 e. The minimum atomic E-state index is 0.0253. The van der Waals surface area contributed by atoms with Crippen LogP contribution in [0.3, 0.4) is 0 Å². The Balaban J connectivity index is 2.31. The Hall–Kier alpha value is -1.81. The van der Waals surface area contributed by atoms with Crippen molar-refractivity contribution in [1.82, 2.24) is 9.55 Å². The number of nitrogens with zero attached hydrogens (tertiary/aromatic N) is 2. The highest BCUT2D eigenvalue weighted by Crippen LogP contribution is 2.24. The molecule has 0 aliphatic rings. The van der Waals surface area contributed by atoms with Gasteiger partial charge < -0.3 is 15.0 Å². The molecule has 1 aromatic heterocycles. The quantitative estimate of drug-likeness (QED) is 0.850. The van der Waals surface area contributed by atoms with Crippen LogP contribution in [0.4, 0.5) is 0 Å². The van der Waals surface area contributed by atoms with Gasteiger partial charge in [0.2, 0.25) is 0 Å². The Labute approximate surface area is 127 Å². The molecule has 2 rings (SSSR count). The van der Waals surface area contributed by atoms with Crippen molar-refractivity contribution in [1.29, 1.82) is 0 Å². The van der Waals surface area contributed by atoms with Crippen molar-refractivity contribution in [3.8, 4) is 5.75 Å². The van der Waals surface area contributed by atoms with Gasteiger partial charge in [0.15, 0.2) is 0 Å².